The molecule has 2 aromatic carbocycles. The number of imide groups is 1. The van der Waals surface area contributed by atoms with Gasteiger partial charge in [-0.3, -0.25) is 19.3 Å². The monoisotopic (exact) mass is 827 g/mol. The molecule has 2 aromatic rings. The molecular formula is C41H53N3O13S. The third-order valence-corrected chi connectivity index (χ3v) is 12.7. The molecule has 3 fully saturated rings. The Hall–Kier alpha value is -5.16. The minimum absolute atomic E-state index is 0.00874. The molecule has 16 nitrogen and oxygen atoms in total. The van der Waals surface area contributed by atoms with Crippen molar-refractivity contribution in [2.24, 2.45) is 0 Å². The van der Waals surface area contributed by atoms with Crippen LogP contribution in [-0.4, -0.2) is 101 Å². The normalized spacial score (nSPS) is 21.0. The van der Waals surface area contributed by atoms with Crippen LogP contribution in [0.1, 0.15) is 94.6 Å². The average Bonchev–Trinajstić information content (AvgIpc) is 3.49. The van der Waals surface area contributed by atoms with E-state index in [1.54, 1.807) is 18.2 Å². The van der Waals surface area contributed by atoms with Gasteiger partial charge in [-0.15, -0.1) is 5.06 Å². The van der Waals surface area contributed by atoms with Crippen LogP contribution in [0.3, 0.4) is 0 Å². The van der Waals surface area contributed by atoms with E-state index in [-0.39, 0.29) is 61.5 Å². The predicted octanol–water partition coefficient (Wildman–Crippen LogP) is 5.30. The van der Waals surface area contributed by atoms with Crippen molar-refractivity contribution in [1.29, 1.82) is 0 Å². The fraction of sp³-hybridized carbons (Fsp3) is 0.537. The number of methoxy groups -OCH3 is 4. The second-order valence-electron chi connectivity index (χ2n) is 14.8. The van der Waals surface area contributed by atoms with Crippen molar-refractivity contribution >= 4 is 45.6 Å². The van der Waals surface area contributed by atoms with E-state index in [2.05, 4.69) is 10.2 Å². The number of carbonyl (C=O) groups excluding carboxylic acids is 5. The summed E-state index contributed by atoms with van der Waals surface area (Å²) in [5.41, 5.74) is -0.293. The molecule has 2 bridgehead atoms. The lowest BCUT2D eigenvalue weighted by Crippen LogP contribution is -2.64. The van der Waals surface area contributed by atoms with E-state index in [1.165, 1.54) is 46.6 Å². The van der Waals surface area contributed by atoms with Crippen LogP contribution in [-0.2, 0) is 39.6 Å². The van der Waals surface area contributed by atoms with Gasteiger partial charge in [-0.25, -0.2) is 18.0 Å². The SMILES string of the molecule is COc1cc(OC)c(/C=C/S(=O)(=O)Cc2ccc(OC)c(OC(=O)NCCC34CCCCC(C(=O)CCCC(=O)ON5C(=O)CCC5=O)(CCC3)N4C)c2)c(OC)c1. The van der Waals surface area contributed by atoms with E-state index in [1.807, 2.05) is 7.05 Å². The van der Waals surface area contributed by atoms with E-state index in [0.717, 1.165) is 37.5 Å². The van der Waals surface area contributed by atoms with Gasteiger partial charge in [0.2, 0.25) is 0 Å². The fourth-order valence-electron chi connectivity index (χ4n) is 8.34. The second-order valence-corrected chi connectivity index (χ2v) is 16.7. The molecule has 3 aliphatic heterocycles. The topological polar surface area (TPSA) is 193 Å². The molecule has 0 radical (unpaired) electrons. The molecule has 316 valence electrons. The first kappa shape index (κ1) is 44.0. The summed E-state index contributed by atoms with van der Waals surface area (Å²) >= 11 is 0. The number of amides is 3. The second kappa shape index (κ2) is 19.1. The summed E-state index contributed by atoms with van der Waals surface area (Å²) in [7, 11) is 3.97. The van der Waals surface area contributed by atoms with Gasteiger partial charge in [0, 0.05) is 55.3 Å². The van der Waals surface area contributed by atoms with Crippen molar-refractivity contribution in [1.82, 2.24) is 15.3 Å². The Bertz CT molecular complexity index is 1980. The zero-order valence-corrected chi connectivity index (χ0v) is 34.6. The van der Waals surface area contributed by atoms with E-state index >= 15 is 0 Å². The van der Waals surface area contributed by atoms with Crippen LogP contribution >= 0.6 is 0 Å². The van der Waals surface area contributed by atoms with Crippen LogP contribution in [0.5, 0.6) is 28.7 Å². The molecule has 58 heavy (non-hydrogen) atoms. The van der Waals surface area contributed by atoms with E-state index < -0.39 is 45.0 Å². The van der Waals surface area contributed by atoms with E-state index in [4.69, 9.17) is 28.5 Å². The molecule has 0 saturated carbocycles. The summed E-state index contributed by atoms with van der Waals surface area (Å²) in [6.07, 6.45) is 7.16. The number of nitrogens with zero attached hydrogens (tertiary/aromatic N) is 2. The molecule has 2 unspecified atom stereocenters. The number of fused-ring (bicyclic) bond motifs is 2. The number of ether oxygens (including phenoxy) is 5. The highest BCUT2D eigenvalue weighted by molar-refractivity contribution is 7.93. The van der Waals surface area contributed by atoms with Crippen molar-refractivity contribution in [2.45, 2.75) is 100 Å². The van der Waals surface area contributed by atoms with Gasteiger partial charge in [0.25, 0.3) is 11.8 Å². The summed E-state index contributed by atoms with van der Waals surface area (Å²) in [5.74, 6) is -0.692. The van der Waals surface area contributed by atoms with Crippen LogP contribution < -0.4 is 29.0 Å². The Labute approximate surface area is 339 Å². The Balaban J connectivity index is 1.18. The van der Waals surface area contributed by atoms with Gasteiger partial charge in [-0.05, 0) is 75.8 Å². The number of hydrogen-bond donors (Lipinski definition) is 1. The van der Waals surface area contributed by atoms with Crippen molar-refractivity contribution in [3.63, 3.8) is 0 Å². The number of carbonyl (C=O) groups is 5. The molecule has 3 saturated heterocycles. The number of hydroxylamine groups is 2. The zero-order valence-electron chi connectivity index (χ0n) is 33.8. The standard InChI is InChI=1S/C41H53N3O13S/c1-43-40(17-6-7-19-41(43,20-9-18-40)35(45)10-8-11-38(48)57-44-36(46)14-15-37(44)47)21-22-42-39(49)56-34-24-28(12-13-31(34)53-3)27-58(50,51)23-16-30-32(54-4)25-29(52-2)26-33(30)55-5/h12-13,16,23-26H,6-11,14-15,17-22,27H2,1-5H3,(H,42,49)/b23-16+. The Morgan fingerprint density at radius 3 is 2.10 bits per heavy atom. The first-order valence-corrected chi connectivity index (χ1v) is 21.1. The first-order valence-electron chi connectivity index (χ1n) is 19.4. The van der Waals surface area contributed by atoms with Crippen LogP contribution in [0.2, 0.25) is 0 Å². The summed E-state index contributed by atoms with van der Waals surface area (Å²) in [6, 6.07) is 7.79. The maximum atomic E-state index is 13.9. The van der Waals surface area contributed by atoms with Crippen molar-refractivity contribution in [2.75, 3.05) is 42.0 Å². The number of hydrogen-bond acceptors (Lipinski definition) is 14. The van der Waals surface area contributed by atoms with Crippen molar-refractivity contribution in [3.8, 4) is 28.7 Å². The summed E-state index contributed by atoms with van der Waals surface area (Å²) < 4.78 is 53.6. The number of rotatable bonds is 18. The lowest BCUT2D eigenvalue weighted by Gasteiger charge is -2.55. The summed E-state index contributed by atoms with van der Waals surface area (Å²) in [5, 5.41) is 4.42. The lowest BCUT2D eigenvalue weighted by atomic mass is 9.71. The third-order valence-electron chi connectivity index (χ3n) is 11.4. The minimum Gasteiger partial charge on any atom is -0.496 e. The molecule has 1 N–H and O–H groups in total. The maximum absolute atomic E-state index is 13.9. The van der Waals surface area contributed by atoms with E-state index in [9.17, 15) is 32.4 Å². The van der Waals surface area contributed by atoms with Gasteiger partial charge in [0.15, 0.2) is 27.1 Å². The number of Topliss-reactive ketones (excluding diaryl/α,β-unsaturated/α-hetero) is 1. The van der Waals surface area contributed by atoms with Gasteiger partial charge in [-0.2, -0.15) is 0 Å². The summed E-state index contributed by atoms with van der Waals surface area (Å²) in [6.45, 7) is 0.257. The van der Waals surface area contributed by atoms with E-state index in [0.29, 0.717) is 52.7 Å². The van der Waals surface area contributed by atoms with Crippen LogP contribution in [0.25, 0.3) is 6.08 Å². The minimum atomic E-state index is -3.83. The number of sulfone groups is 1. The molecule has 0 spiro atoms. The molecule has 5 rings (SSSR count). The highest BCUT2D eigenvalue weighted by Gasteiger charge is 2.53. The van der Waals surface area contributed by atoms with Crippen molar-refractivity contribution < 1.29 is 60.9 Å². The predicted molar refractivity (Wildman–Crippen MR) is 211 cm³/mol. The first-order chi connectivity index (χ1) is 27.7. The maximum Gasteiger partial charge on any atom is 0.412 e. The fourth-order valence-corrected chi connectivity index (χ4v) is 9.43. The highest BCUT2D eigenvalue weighted by Crippen LogP contribution is 2.48. The van der Waals surface area contributed by atoms with Crippen LogP contribution in [0.15, 0.2) is 35.7 Å². The molecule has 0 aliphatic carbocycles. The highest BCUT2D eigenvalue weighted by atomic mass is 32.2. The molecule has 2 atom stereocenters. The Morgan fingerprint density at radius 2 is 1.45 bits per heavy atom. The third kappa shape index (κ3) is 10.1. The number of likely N-dealkylation sites (N-methyl/N-ethyl adjacent to an activating group) is 1. The number of benzene rings is 2. The van der Waals surface area contributed by atoms with Crippen LogP contribution in [0.4, 0.5) is 4.79 Å². The average molecular weight is 828 g/mol. The number of ketones is 1. The lowest BCUT2D eigenvalue weighted by molar-refractivity contribution is -0.197. The molecule has 3 amide bonds. The van der Waals surface area contributed by atoms with Gasteiger partial charge < -0.3 is 33.8 Å². The molecular weight excluding hydrogens is 775 g/mol. The zero-order chi connectivity index (χ0) is 42.1. The molecule has 3 heterocycles. The number of piperidine rings is 1. The van der Waals surface area contributed by atoms with Crippen molar-refractivity contribution in [3.05, 3.63) is 46.9 Å². The van der Waals surface area contributed by atoms with Gasteiger partial charge in [-0.1, -0.05) is 18.9 Å². The van der Waals surface area contributed by atoms with Gasteiger partial charge >= 0.3 is 12.1 Å². The Kier molecular flexibility index (Phi) is 14.4. The quantitative estimate of drug-likeness (QED) is 0.190. The molecule has 17 heteroatoms. The Morgan fingerprint density at radius 1 is 0.810 bits per heavy atom. The molecule has 3 aliphatic rings. The van der Waals surface area contributed by atoms with Gasteiger partial charge in [0.1, 0.15) is 17.2 Å². The largest absolute Gasteiger partial charge is 0.496 e. The molecule has 0 aromatic heterocycles. The van der Waals surface area contributed by atoms with Crippen LogP contribution in [0, 0.1) is 0 Å². The van der Waals surface area contributed by atoms with Gasteiger partial charge in [0.05, 0.1) is 45.3 Å². The smallest absolute Gasteiger partial charge is 0.412 e. The summed E-state index contributed by atoms with van der Waals surface area (Å²) in [4.78, 5) is 70.2. The number of nitrogens with one attached hydrogen (secondary N) is 1.